The van der Waals surface area contributed by atoms with Crippen LogP contribution in [0.15, 0.2) is 53.9 Å². The lowest BCUT2D eigenvalue weighted by molar-refractivity contribution is 0.0983. The molecule has 4 nitrogen and oxygen atoms in total. The number of halogens is 1. The van der Waals surface area contributed by atoms with Crippen LogP contribution in [-0.4, -0.2) is 26.1 Å². The predicted octanol–water partition coefficient (Wildman–Crippen LogP) is 3.40. The zero-order valence-corrected chi connectivity index (χ0v) is 14.8. The number of carbonyl (C=O) groups is 1. The molecular weight excluding hydrogens is 341 g/mol. The van der Waals surface area contributed by atoms with Crippen LogP contribution in [0.4, 0.5) is 10.1 Å². The Bertz CT molecular complexity index is 949. The molecule has 2 aromatic carbocycles. The zero-order valence-electron chi connectivity index (χ0n) is 13.9. The average molecular weight is 359 g/mol. The second-order valence-corrected chi connectivity index (χ2v) is 8.11. The molecule has 1 unspecified atom stereocenters. The van der Waals surface area contributed by atoms with E-state index in [9.17, 15) is 17.6 Å². The lowest BCUT2D eigenvalue weighted by Crippen LogP contribution is -2.41. The van der Waals surface area contributed by atoms with Gasteiger partial charge in [-0.3, -0.25) is 4.79 Å². The number of aryl methyl sites for hydroxylation is 2. The Morgan fingerprint density at radius 1 is 1.08 bits per heavy atom. The Morgan fingerprint density at radius 3 is 2.32 bits per heavy atom. The van der Waals surface area contributed by atoms with Crippen molar-refractivity contribution in [1.82, 2.24) is 0 Å². The van der Waals surface area contributed by atoms with Gasteiger partial charge in [0.2, 0.25) is 0 Å². The average Bonchev–Trinajstić information content (AvgIpc) is 2.91. The lowest BCUT2D eigenvalue weighted by atomic mass is 10.0. The molecule has 1 heterocycles. The number of carbonyl (C=O) groups excluding carboxylic acids is 1. The molecule has 6 heteroatoms. The summed E-state index contributed by atoms with van der Waals surface area (Å²) in [6.45, 7) is 3.86. The van der Waals surface area contributed by atoms with Crippen LogP contribution in [0.2, 0.25) is 0 Å². The van der Waals surface area contributed by atoms with Crippen molar-refractivity contribution < 1.29 is 17.6 Å². The highest BCUT2D eigenvalue weighted by Gasteiger charge is 2.32. The first-order valence-electron chi connectivity index (χ1n) is 7.84. The van der Waals surface area contributed by atoms with E-state index in [-0.39, 0.29) is 11.7 Å². The molecule has 1 aliphatic rings. The van der Waals surface area contributed by atoms with Crippen molar-refractivity contribution in [3.8, 4) is 0 Å². The lowest BCUT2D eigenvalue weighted by Gasteiger charge is -2.28. The first-order chi connectivity index (χ1) is 11.8. The van der Waals surface area contributed by atoms with Gasteiger partial charge in [-0.2, -0.15) is 0 Å². The first-order valence-corrected chi connectivity index (χ1v) is 9.56. The van der Waals surface area contributed by atoms with Crippen LogP contribution in [0.3, 0.4) is 0 Å². The Kier molecular flexibility index (Phi) is 4.47. The van der Waals surface area contributed by atoms with Crippen LogP contribution in [-0.2, 0) is 9.84 Å². The van der Waals surface area contributed by atoms with Gasteiger partial charge in [0.25, 0.3) is 5.91 Å². The Hall–Kier alpha value is -2.47. The maximum Gasteiger partial charge on any atom is 0.258 e. The van der Waals surface area contributed by atoms with Crippen LogP contribution in [0, 0.1) is 19.7 Å². The van der Waals surface area contributed by atoms with Crippen molar-refractivity contribution in [2.24, 2.45) is 0 Å². The topological polar surface area (TPSA) is 54.5 Å². The number of amides is 1. The molecule has 0 saturated heterocycles. The molecule has 25 heavy (non-hydrogen) atoms. The molecule has 2 aromatic rings. The number of benzene rings is 2. The standard InChI is InChI=1S/C19H18FNO3S/c1-13-3-4-15(11-14(13)2)19(22)21(17-7-5-16(20)6-8-17)18-9-10-25(23,24)12-18/h3-11,18H,12H2,1-2H3. The van der Waals surface area contributed by atoms with Gasteiger partial charge in [-0.1, -0.05) is 6.07 Å². The van der Waals surface area contributed by atoms with E-state index in [2.05, 4.69) is 0 Å². The normalized spacial score (nSPS) is 18.3. The summed E-state index contributed by atoms with van der Waals surface area (Å²) >= 11 is 0. The number of anilines is 1. The van der Waals surface area contributed by atoms with Crippen LogP contribution < -0.4 is 4.90 Å². The minimum absolute atomic E-state index is 0.180. The summed E-state index contributed by atoms with van der Waals surface area (Å²) in [6.07, 6.45) is 1.50. The Morgan fingerprint density at radius 2 is 1.76 bits per heavy atom. The van der Waals surface area contributed by atoms with E-state index < -0.39 is 21.7 Å². The third-order valence-corrected chi connectivity index (χ3v) is 5.70. The monoisotopic (exact) mass is 359 g/mol. The highest BCUT2D eigenvalue weighted by molar-refractivity contribution is 7.94. The van der Waals surface area contributed by atoms with Gasteiger partial charge in [0, 0.05) is 16.7 Å². The third kappa shape index (κ3) is 3.64. The van der Waals surface area contributed by atoms with E-state index in [1.807, 2.05) is 19.9 Å². The maximum absolute atomic E-state index is 13.3. The second kappa shape index (κ2) is 6.44. The minimum atomic E-state index is -3.34. The quantitative estimate of drug-likeness (QED) is 0.844. The fourth-order valence-electron chi connectivity index (χ4n) is 2.79. The molecule has 0 aliphatic carbocycles. The molecule has 1 atom stereocenters. The van der Waals surface area contributed by atoms with Crippen molar-refractivity contribution in [2.45, 2.75) is 19.9 Å². The van der Waals surface area contributed by atoms with Crippen LogP contribution in [0.25, 0.3) is 0 Å². The van der Waals surface area contributed by atoms with Crippen LogP contribution in [0.1, 0.15) is 21.5 Å². The molecule has 3 rings (SSSR count). The van der Waals surface area contributed by atoms with Crippen molar-refractivity contribution in [3.05, 3.63) is 76.5 Å². The van der Waals surface area contributed by atoms with E-state index in [1.165, 1.54) is 35.2 Å². The molecule has 130 valence electrons. The number of sulfone groups is 1. The van der Waals surface area contributed by atoms with Crippen LogP contribution in [0.5, 0.6) is 0 Å². The van der Waals surface area contributed by atoms with E-state index in [1.54, 1.807) is 12.1 Å². The summed E-state index contributed by atoms with van der Waals surface area (Å²) in [5, 5.41) is 1.13. The van der Waals surface area contributed by atoms with Crippen molar-refractivity contribution in [3.63, 3.8) is 0 Å². The van der Waals surface area contributed by atoms with Gasteiger partial charge in [-0.25, -0.2) is 12.8 Å². The molecule has 1 amide bonds. The van der Waals surface area contributed by atoms with Gasteiger partial charge in [0.15, 0.2) is 9.84 Å². The van der Waals surface area contributed by atoms with Gasteiger partial charge >= 0.3 is 0 Å². The molecule has 0 saturated carbocycles. The fourth-order valence-corrected chi connectivity index (χ4v) is 4.06. The molecule has 1 aliphatic heterocycles. The highest BCUT2D eigenvalue weighted by Crippen LogP contribution is 2.26. The van der Waals surface area contributed by atoms with Crippen molar-refractivity contribution >= 4 is 21.4 Å². The fraction of sp³-hybridized carbons (Fsp3) is 0.211. The molecule has 0 radical (unpaired) electrons. The summed E-state index contributed by atoms with van der Waals surface area (Å²) in [7, 11) is -3.34. The second-order valence-electron chi connectivity index (χ2n) is 6.18. The van der Waals surface area contributed by atoms with Gasteiger partial charge in [0.1, 0.15) is 5.82 Å². The molecule has 0 bridgehead atoms. The molecule has 0 spiro atoms. The zero-order chi connectivity index (χ0) is 18.2. The summed E-state index contributed by atoms with van der Waals surface area (Å²) < 4.78 is 36.9. The largest absolute Gasteiger partial charge is 0.300 e. The number of hydrogen-bond donors (Lipinski definition) is 0. The Labute approximate surface area is 146 Å². The van der Waals surface area contributed by atoms with Gasteiger partial charge in [-0.05, 0) is 67.4 Å². The Balaban J connectivity index is 2.04. The third-order valence-electron chi connectivity index (χ3n) is 4.32. The maximum atomic E-state index is 13.3. The number of nitrogens with zero attached hydrogens (tertiary/aromatic N) is 1. The smallest absolute Gasteiger partial charge is 0.258 e. The van der Waals surface area contributed by atoms with E-state index in [4.69, 9.17) is 0 Å². The molecule has 0 fully saturated rings. The summed E-state index contributed by atoms with van der Waals surface area (Å²) in [6, 6.07) is 10.2. The van der Waals surface area contributed by atoms with E-state index in [0.717, 1.165) is 16.5 Å². The van der Waals surface area contributed by atoms with Crippen LogP contribution >= 0.6 is 0 Å². The minimum Gasteiger partial charge on any atom is -0.300 e. The summed E-state index contributed by atoms with van der Waals surface area (Å²) in [5.41, 5.74) is 2.95. The first kappa shape index (κ1) is 17.4. The van der Waals surface area contributed by atoms with E-state index in [0.29, 0.717) is 11.3 Å². The number of hydrogen-bond acceptors (Lipinski definition) is 3. The van der Waals surface area contributed by atoms with Crippen molar-refractivity contribution in [2.75, 3.05) is 10.7 Å². The van der Waals surface area contributed by atoms with Crippen molar-refractivity contribution in [1.29, 1.82) is 0 Å². The molecule has 0 aromatic heterocycles. The predicted molar refractivity (Wildman–Crippen MR) is 95.8 cm³/mol. The van der Waals surface area contributed by atoms with Gasteiger partial charge in [0.05, 0.1) is 11.8 Å². The highest BCUT2D eigenvalue weighted by atomic mass is 32.2. The SMILES string of the molecule is Cc1ccc(C(=O)N(c2ccc(F)cc2)C2C=CS(=O)(=O)C2)cc1C. The van der Waals surface area contributed by atoms with Gasteiger partial charge in [-0.15, -0.1) is 0 Å². The van der Waals surface area contributed by atoms with Gasteiger partial charge < -0.3 is 4.90 Å². The number of rotatable bonds is 3. The summed E-state index contributed by atoms with van der Waals surface area (Å²) in [4.78, 5) is 14.5. The van der Waals surface area contributed by atoms with E-state index >= 15 is 0 Å². The summed E-state index contributed by atoms with van der Waals surface area (Å²) in [5.74, 6) is -0.917. The molecular formula is C19H18FNO3S. The molecule has 0 N–H and O–H groups in total.